The van der Waals surface area contributed by atoms with Gasteiger partial charge in [-0.1, -0.05) is 43.7 Å². The number of aromatic nitrogens is 2. The Bertz CT molecular complexity index is 1200. The smallest absolute Gasteiger partial charge is 0.407 e. The largest absolute Gasteiger partial charge is 0.465 e. The van der Waals surface area contributed by atoms with Crippen LogP contribution in [0.4, 0.5) is 4.79 Å². The van der Waals surface area contributed by atoms with Crippen LogP contribution < -0.4 is 5.32 Å². The van der Waals surface area contributed by atoms with Crippen LogP contribution in [0.15, 0.2) is 36.4 Å². The summed E-state index contributed by atoms with van der Waals surface area (Å²) in [6.07, 6.45) is 1.03. The number of hydrogen-bond acceptors (Lipinski definition) is 8. The van der Waals surface area contributed by atoms with Gasteiger partial charge in [0, 0.05) is 37.4 Å². The fraction of sp³-hybridized carbons (Fsp3) is 0.519. The number of hydrogen-bond donors (Lipinski definition) is 2. The van der Waals surface area contributed by atoms with Crippen molar-refractivity contribution in [3.8, 4) is 11.4 Å². The second-order valence-corrected chi connectivity index (χ2v) is 11.4. The zero-order chi connectivity index (χ0) is 29.1. The number of carbonyl (C=O) groups excluding carboxylic acids is 2. The Balaban J connectivity index is 1.91. The number of piperazine rings is 1. The summed E-state index contributed by atoms with van der Waals surface area (Å²) in [4.78, 5) is 50.3. The average Bonchev–Trinajstić information content (AvgIpc) is 2.95. The van der Waals surface area contributed by atoms with Gasteiger partial charge in [0.1, 0.15) is 11.7 Å². The number of benzene rings is 1. The third kappa shape index (κ3) is 8.58. The Morgan fingerprint density at radius 1 is 1.00 bits per heavy atom. The third-order valence-corrected chi connectivity index (χ3v) is 8.47. The molecule has 1 saturated heterocycles. The van der Waals surface area contributed by atoms with E-state index < -0.39 is 31.5 Å². The molecule has 2 aromatic rings. The van der Waals surface area contributed by atoms with Gasteiger partial charge >= 0.3 is 13.7 Å². The monoisotopic (exact) mass is 575 g/mol. The van der Waals surface area contributed by atoms with Crippen molar-refractivity contribution in [2.75, 3.05) is 45.6 Å². The first-order chi connectivity index (χ1) is 19.2. The molecule has 0 aliphatic carbocycles. The molecule has 1 aliphatic heterocycles. The van der Waals surface area contributed by atoms with Crippen molar-refractivity contribution in [3.05, 3.63) is 47.8 Å². The number of rotatable bonds is 13. The van der Waals surface area contributed by atoms with Crippen LogP contribution in [0.3, 0.4) is 0 Å². The third-order valence-electron chi connectivity index (χ3n) is 6.35. The number of amides is 3. The van der Waals surface area contributed by atoms with Gasteiger partial charge in [0.15, 0.2) is 5.82 Å². The highest BCUT2D eigenvalue weighted by Gasteiger charge is 2.37. The number of carbonyl (C=O) groups is 3. The highest BCUT2D eigenvalue weighted by atomic mass is 31.2. The van der Waals surface area contributed by atoms with E-state index in [1.165, 1.54) is 9.80 Å². The minimum absolute atomic E-state index is 0.0797. The van der Waals surface area contributed by atoms with E-state index in [-0.39, 0.29) is 51.2 Å². The zero-order valence-electron chi connectivity index (χ0n) is 23.2. The summed E-state index contributed by atoms with van der Waals surface area (Å²) < 4.78 is 24.2. The Labute approximate surface area is 234 Å². The molecule has 12 nitrogen and oxygen atoms in total. The molecule has 2 heterocycles. The molecule has 0 radical (unpaired) electrons. The van der Waals surface area contributed by atoms with Crippen LogP contribution in [0.5, 0.6) is 0 Å². The van der Waals surface area contributed by atoms with Crippen molar-refractivity contribution in [2.24, 2.45) is 0 Å². The van der Waals surface area contributed by atoms with E-state index in [2.05, 4.69) is 22.2 Å². The van der Waals surface area contributed by atoms with Crippen molar-refractivity contribution in [3.63, 3.8) is 0 Å². The first-order valence-corrected chi connectivity index (χ1v) is 15.3. The van der Waals surface area contributed by atoms with Gasteiger partial charge in [0.2, 0.25) is 5.91 Å². The van der Waals surface area contributed by atoms with Gasteiger partial charge in [-0.15, -0.1) is 0 Å². The molecule has 218 valence electrons. The SMILES string of the molecule is CCCCc1cc(C(=O)N[C@@H](CP(=O)(OCC)OCC)C(=O)N2CCN(C(=O)O)CC2)nc(-c2ccccc2)n1. The van der Waals surface area contributed by atoms with Crippen molar-refractivity contribution < 1.29 is 33.1 Å². The summed E-state index contributed by atoms with van der Waals surface area (Å²) in [5.74, 6) is -0.734. The van der Waals surface area contributed by atoms with Crippen LogP contribution in [0.2, 0.25) is 0 Å². The Morgan fingerprint density at radius 3 is 2.20 bits per heavy atom. The Kier molecular flexibility index (Phi) is 11.6. The molecule has 1 aromatic heterocycles. The van der Waals surface area contributed by atoms with Crippen molar-refractivity contribution in [1.82, 2.24) is 25.1 Å². The number of carboxylic acid groups (broad SMARTS) is 1. The van der Waals surface area contributed by atoms with Crippen LogP contribution >= 0.6 is 7.60 Å². The maximum atomic E-state index is 13.6. The first-order valence-electron chi connectivity index (χ1n) is 13.6. The molecule has 1 fully saturated rings. The maximum absolute atomic E-state index is 13.6. The maximum Gasteiger partial charge on any atom is 0.407 e. The molecule has 0 unspecified atom stereocenters. The van der Waals surface area contributed by atoms with E-state index >= 15 is 0 Å². The molecule has 3 amide bonds. The summed E-state index contributed by atoms with van der Waals surface area (Å²) in [6.45, 7) is 6.11. The lowest BCUT2D eigenvalue weighted by atomic mass is 10.1. The van der Waals surface area contributed by atoms with E-state index in [9.17, 15) is 24.1 Å². The van der Waals surface area contributed by atoms with Crippen LogP contribution in [-0.4, -0.2) is 94.4 Å². The fourth-order valence-electron chi connectivity index (χ4n) is 4.33. The second-order valence-electron chi connectivity index (χ2n) is 9.29. The number of nitrogens with one attached hydrogen (secondary N) is 1. The molecule has 13 heteroatoms. The molecule has 40 heavy (non-hydrogen) atoms. The summed E-state index contributed by atoms with van der Waals surface area (Å²) in [7, 11) is -3.74. The Hall–Kier alpha value is -3.34. The van der Waals surface area contributed by atoms with E-state index in [0.29, 0.717) is 17.9 Å². The van der Waals surface area contributed by atoms with Gasteiger partial charge in [-0.05, 0) is 32.8 Å². The minimum Gasteiger partial charge on any atom is -0.465 e. The topological polar surface area (TPSA) is 151 Å². The predicted octanol–water partition coefficient (Wildman–Crippen LogP) is 3.67. The molecular weight excluding hydrogens is 537 g/mol. The van der Waals surface area contributed by atoms with Crippen LogP contribution in [0.1, 0.15) is 49.8 Å². The average molecular weight is 576 g/mol. The normalized spacial score (nSPS) is 14.6. The molecule has 1 aromatic carbocycles. The standard InChI is InChI=1S/C27H38N5O7P/c1-4-7-13-21-18-22(29-24(28-21)20-11-9-8-10-12-20)25(33)30-23(19-40(37,38-5-2)39-6-3)26(34)31-14-16-32(17-15-31)27(35)36/h8-12,18,23H,4-7,13-17,19H2,1-3H3,(H,30,33)(H,35,36)/t23-/m0/s1. The number of aryl methyl sites for hydroxylation is 1. The lowest BCUT2D eigenvalue weighted by Crippen LogP contribution is -2.56. The van der Waals surface area contributed by atoms with Gasteiger partial charge in [-0.2, -0.15) is 0 Å². The van der Waals surface area contributed by atoms with Crippen LogP contribution in [0, 0.1) is 0 Å². The molecule has 0 bridgehead atoms. The van der Waals surface area contributed by atoms with Crippen molar-refractivity contribution >= 4 is 25.5 Å². The molecule has 0 saturated carbocycles. The highest BCUT2D eigenvalue weighted by Crippen LogP contribution is 2.48. The molecular formula is C27H38N5O7P. The second kappa shape index (κ2) is 14.9. The summed E-state index contributed by atoms with van der Waals surface area (Å²) in [6, 6.07) is 9.65. The van der Waals surface area contributed by atoms with Gasteiger partial charge in [-0.25, -0.2) is 14.8 Å². The van der Waals surface area contributed by atoms with Crippen molar-refractivity contribution in [2.45, 2.75) is 46.1 Å². The van der Waals surface area contributed by atoms with E-state index in [4.69, 9.17) is 9.05 Å². The lowest BCUT2D eigenvalue weighted by molar-refractivity contribution is -0.134. The molecule has 0 spiro atoms. The van der Waals surface area contributed by atoms with Crippen molar-refractivity contribution in [1.29, 1.82) is 0 Å². The van der Waals surface area contributed by atoms with Crippen LogP contribution in [0.25, 0.3) is 11.4 Å². The van der Waals surface area contributed by atoms with Gasteiger partial charge in [0.05, 0.1) is 19.4 Å². The van der Waals surface area contributed by atoms with Gasteiger partial charge in [-0.3, -0.25) is 14.2 Å². The molecule has 2 N–H and O–H groups in total. The number of unbranched alkanes of at least 4 members (excludes halogenated alkanes) is 1. The summed E-state index contributed by atoms with van der Waals surface area (Å²) >= 11 is 0. The van der Waals surface area contributed by atoms with Gasteiger partial charge in [0.25, 0.3) is 5.91 Å². The summed E-state index contributed by atoms with van der Waals surface area (Å²) in [5, 5.41) is 12.0. The molecule has 1 atom stereocenters. The van der Waals surface area contributed by atoms with Gasteiger partial charge < -0.3 is 29.3 Å². The Morgan fingerprint density at radius 2 is 1.62 bits per heavy atom. The molecule has 3 rings (SSSR count). The summed E-state index contributed by atoms with van der Waals surface area (Å²) in [5.41, 5.74) is 1.52. The first kappa shape index (κ1) is 31.2. The fourth-order valence-corrected chi connectivity index (χ4v) is 6.10. The molecule has 1 aliphatic rings. The van der Waals surface area contributed by atoms with E-state index in [1.54, 1.807) is 19.9 Å². The van der Waals surface area contributed by atoms with E-state index in [1.807, 2.05) is 30.3 Å². The van der Waals surface area contributed by atoms with Crippen LogP contribution in [-0.2, 0) is 24.8 Å². The zero-order valence-corrected chi connectivity index (χ0v) is 24.1. The highest BCUT2D eigenvalue weighted by molar-refractivity contribution is 7.54. The lowest BCUT2D eigenvalue weighted by Gasteiger charge is -2.35. The van der Waals surface area contributed by atoms with E-state index in [0.717, 1.165) is 18.4 Å². The number of nitrogens with zero attached hydrogens (tertiary/aromatic N) is 4. The minimum atomic E-state index is -3.74. The predicted molar refractivity (Wildman–Crippen MR) is 149 cm³/mol. The quantitative estimate of drug-likeness (QED) is 0.341.